The smallest absolute Gasteiger partial charge is 0.338 e. The van der Waals surface area contributed by atoms with Crippen LogP contribution in [0.4, 0.5) is 5.69 Å². The minimum absolute atomic E-state index is 0.0750. The van der Waals surface area contributed by atoms with Gasteiger partial charge < -0.3 is 18.6 Å². The number of fused-ring (bicyclic) bond motifs is 1. The van der Waals surface area contributed by atoms with E-state index in [1.54, 1.807) is 56.3 Å². The molecule has 1 atom stereocenters. The SMILES string of the molecule is CCOC(=O)C1=C(C)N=c2sc(=Cc3ccc(-c4cccc([N+](=O)[O-])c4)o3)c(=O)n2[C@@H]1c1ccc(OC(C)=O)c(OC)c1. The van der Waals surface area contributed by atoms with Crippen molar-refractivity contribution in [3.63, 3.8) is 0 Å². The molecule has 0 saturated heterocycles. The van der Waals surface area contributed by atoms with Crippen molar-refractivity contribution in [2.24, 2.45) is 4.99 Å². The number of ether oxygens (including phenoxy) is 3. The van der Waals surface area contributed by atoms with Gasteiger partial charge in [0.25, 0.3) is 11.2 Å². The van der Waals surface area contributed by atoms with Crippen LogP contribution in [0.15, 0.2) is 80.1 Å². The molecule has 0 fully saturated rings. The first-order valence-electron chi connectivity index (χ1n) is 13.0. The van der Waals surface area contributed by atoms with E-state index in [4.69, 9.17) is 18.6 Å². The van der Waals surface area contributed by atoms with Crippen LogP contribution in [0.3, 0.4) is 0 Å². The molecule has 0 spiro atoms. The van der Waals surface area contributed by atoms with E-state index in [0.717, 1.165) is 11.3 Å². The van der Waals surface area contributed by atoms with E-state index in [1.165, 1.54) is 36.8 Å². The van der Waals surface area contributed by atoms with Crippen molar-refractivity contribution in [2.75, 3.05) is 13.7 Å². The zero-order valence-electron chi connectivity index (χ0n) is 23.5. The number of rotatable bonds is 8. The number of nitro groups is 1. The van der Waals surface area contributed by atoms with Crippen molar-refractivity contribution >= 4 is 35.0 Å². The number of esters is 2. The average molecular weight is 604 g/mol. The highest BCUT2D eigenvalue weighted by molar-refractivity contribution is 7.07. The molecule has 2 aromatic carbocycles. The van der Waals surface area contributed by atoms with Gasteiger partial charge in [-0.05, 0) is 43.7 Å². The summed E-state index contributed by atoms with van der Waals surface area (Å²) in [4.78, 5) is 54.2. The van der Waals surface area contributed by atoms with Gasteiger partial charge >= 0.3 is 11.9 Å². The van der Waals surface area contributed by atoms with Crippen LogP contribution in [0, 0.1) is 10.1 Å². The van der Waals surface area contributed by atoms with Gasteiger partial charge in [-0.1, -0.05) is 29.5 Å². The highest BCUT2D eigenvalue weighted by Crippen LogP contribution is 2.36. The minimum Gasteiger partial charge on any atom is -0.493 e. The van der Waals surface area contributed by atoms with Crippen LogP contribution in [-0.4, -0.2) is 35.1 Å². The summed E-state index contributed by atoms with van der Waals surface area (Å²) in [7, 11) is 1.41. The lowest BCUT2D eigenvalue weighted by molar-refractivity contribution is -0.384. The fourth-order valence-electron chi connectivity index (χ4n) is 4.69. The van der Waals surface area contributed by atoms with Crippen molar-refractivity contribution < 1.29 is 33.1 Å². The van der Waals surface area contributed by atoms with Crippen LogP contribution in [-0.2, 0) is 14.3 Å². The van der Waals surface area contributed by atoms with Gasteiger partial charge in [0, 0.05) is 30.7 Å². The molecule has 3 heterocycles. The minimum atomic E-state index is -0.922. The molecule has 43 heavy (non-hydrogen) atoms. The number of nitro benzene ring substituents is 1. The zero-order chi connectivity index (χ0) is 30.8. The summed E-state index contributed by atoms with van der Waals surface area (Å²) >= 11 is 1.11. The number of methoxy groups -OCH3 is 1. The van der Waals surface area contributed by atoms with E-state index in [2.05, 4.69) is 4.99 Å². The van der Waals surface area contributed by atoms with Crippen molar-refractivity contribution in [1.29, 1.82) is 0 Å². The Kier molecular flexibility index (Phi) is 8.08. The molecule has 4 aromatic rings. The van der Waals surface area contributed by atoms with E-state index in [-0.39, 0.29) is 33.9 Å². The Morgan fingerprint density at radius 3 is 2.65 bits per heavy atom. The van der Waals surface area contributed by atoms with E-state index in [9.17, 15) is 24.5 Å². The van der Waals surface area contributed by atoms with Crippen molar-refractivity contribution in [3.05, 3.63) is 107 Å². The first-order valence-corrected chi connectivity index (χ1v) is 13.8. The summed E-state index contributed by atoms with van der Waals surface area (Å²) in [6, 6.07) is 13.2. The molecular formula is C30H25N3O9S. The number of carbonyl (C=O) groups excluding carboxylic acids is 2. The number of nitrogens with zero attached hydrogens (tertiary/aromatic N) is 3. The van der Waals surface area contributed by atoms with Crippen molar-refractivity contribution in [3.8, 4) is 22.8 Å². The molecule has 0 amide bonds. The topological polar surface area (TPSA) is 152 Å². The number of hydrogen-bond donors (Lipinski definition) is 0. The molecule has 220 valence electrons. The molecule has 5 rings (SSSR count). The second-order valence-electron chi connectivity index (χ2n) is 9.32. The van der Waals surface area contributed by atoms with Crippen molar-refractivity contribution in [1.82, 2.24) is 4.57 Å². The highest BCUT2D eigenvalue weighted by Gasteiger charge is 2.34. The molecule has 13 heteroatoms. The Morgan fingerprint density at radius 2 is 1.95 bits per heavy atom. The van der Waals surface area contributed by atoms with Crippen molar-refractivity contribution in [2.45, 2.75) is 26.8 Å². The Labute approximate surface area is 247 Å². The summed E-state index contributed by atoms with van der Waals surface area (Å²) in [5.41, 5.74) is 1.06. The number of aromatic nitrogens is 1. The number of carbonyl (C=O) groups is 2. The van der Waals surface area contributed by atoms with Gasteiger partial charge in [0.15, 0.2) is 16.3 Å². The lowest BCUT2D eigenvalue weighted by Gasteiger charge is -2.25. The molecule has 0 unspecified atom stereocenters. The molecule has 1 aliphatic rings. The van der Waals surface area contributed by atoms with E-state index >= 15 is 0 Å². The number of non-ortho nitro benzene ring substituents is 1. The largest absolute Gasteiger partial charge is 0.493 e. The zero-order valence-corrected chi connectivity index (χ0v) is 24.3. The first kappa shape index (κ1) is 29.2. The lowest BCUT2D eigenvalue weighted by atomic mass is 9.95. The maximum atomic E-state index is 13.9. The molecule has 0 saturated carbocycles. The van der Waals surface area contributed by atoms with Gasteiger partial charge in [0.05, 0.1) is 40.5 Å². The van der Waals surface area contributed by atoms with Gasteiger partial charge in [-0.3, -0.25) is 24.3 Å². The quantitative estimate of drug-likeness (QED) is 0.126. The first-order chi connectivity index (χ1) is 20.6. The van der Waals surface area contributed by atoms with E-state index in [0.29, 0.717) is 33.1 Å². The van der Waals surface area contributed by atoms with Gasteiger partial charge in [-0.2, -0.15) is 0 Å². The number of thiazole rings is 1. The molecule has 0 bridgehead atoms. The maximum Gasteiger partial charge on any atom is 0.338 e. The summed E-state index contributed by atoms with van der Waals surface area (Å²) in [6.45, 7) is 4.73. The number of furan rings is 1. The predicted molar refractivity (Wildman–Crippen MR) is 156 cm³/mol. The van der Waals surface area contributed by atoms with Crippen LogP contribution in [0.2, 0.25) is 0 Å². The molecule has 0 N–H and O–H groups in total. The third kappa shape index (κ3) is 5.75. The predicted octanol–water partition coefficient (Wildman–Crippen LogP) is 3.90. The monoisotopic (exact) mass is 603 g/mol. The Bertz CT molecular complexity index is 1980. The summed E-state index contributed by atoms with van der Waals surface area (Å²) in [6.07, 6.45) is 1.55. The van der Waals surface area contributed by atoms with Crippen LogP contribution in [0.25, 0.3) is 17.4 Å². The van der Waals surface area contributed by atoms with E-state index < -0.39 is 28.5 Å². The number of benzene rings is 2. The second-order valence-corrected chi connectivity index (χ2v) is 10.3. The summed E-state index contributed by atoms with van der Waals surface area (Å²) in [5, 5.41) is 11.2. The molecule has 1 aliphatic heterocycles. The third-order valence-electron chi connectivity index (χ3n) is 6.52. The summed E-state index contributed by atoms with van der Waals surface area (Å²) in [5.74, 6) is -0.0100. The Morgan fingerprint density at radius 1 is 1.16 bits per heavy atom. The molecule has 0 radical (unpaired) electrons. The van der Waals surface area contributed by atoms with Crippen LogP contribution >= 0.6 is 11.3 Å². The molecule has 0 aliphatic carbocycles. The van der Waals surface area contributed by atoms with Gasteiger partial charge in [0.2, 0.25) is 0 Å². The van der Waals surface area contributed by atoms with E-state index in [1.807, 2.05) is 0 Å². The lowest BCUT2D eigenvalue weighted by Crippen LogP contribution is -2.39. The third-order valence-corrected chi connectivity index (χ3v) is 7.50. The Hall–Kier alpha value is -5.30. The van der Waals surface area contributed by atoms with Crippen LogP contribution in [0.1, 0.15) is 38.1 Å². The van der Waals surface area contributed by atoms with Gasteiger partial charge in [0.1, 0.15) is 11.5 Å². The number of allylic oxidation sites excluding steroid dienone is 1. The fraction of sp³-hybridized carbons (Fsp3) is 0.200. The maximum absolute atomic E-state index is 13.9. The van der Waals surface area contributed by atoms with Gasteiger partial charge in [-0.25, -0.2) is 9.79 Å². The Balaban J connectivity index is 1.63. The summed E-state index contributed by atoms with van der Waals surface area (Å²) < 4.78 is 23.6. The van der Waals surface area contributed by atoms with Gasteiger partial charge in [-0.15, -0.1) is 0 Å². The molecule has 2 aromatic heterocycles. The fourth-order valence-corrected chi connectivity index (χ4v) is 5.71. The van der Waals surface area contributed by atoms with Crippen LogP contribution < -0.4 is 24.4 Å². The molecular weight excluding hydrogens is 578 g/mol. The second kappa shape index (κ2) is 11.9. The number of hydrogen-bond acceptors (Lipinski definition) is 11. The average Bonchev–Trinajstić information content (AvgIpc) is 3.56. The standard InChI is InChI=1S/C30H25N3O9S/c1-5-40-29(36)26-16(2)31-30-32(27(26)19-9-11-23(41-17(3)34)24(14-19)39-4)28(35)25(43-30)15-21-10-12-22(42-21)18-7-6-8-20(13-18)33(37)38/h6-15,27H,5H2,1-4H3/t27-/m1/s1. The van der Waals surface area contributed by atoms with Crippen LogP contribution in [0.5, 0.6) is 11.5 Å². The highest BCUT2D eigenvalue weighted by atomic mass is 32.1. The normalized spacial score (nSPS) is 14.6. The molecule has 12 nitrogen and oxygen atoms in total.